The van der Waals surface area contributed by atoms with Crippen molar-refractivity contribution in [3.63, 3.8) is 0 Å². The third-order valence-electron chi connectivity index (χ3n) is 3.69. The molecule has 6 nitrogen and oxygen atoms in total. The van der Waals surface area contributed by atoms with Crippen LogP contribution in [0, 0.1) is 11.8 Å². The normalized spacial score (nSPS) is 15.2. The standard InChI is InChI=1S/C16H12ClN5O/c17-12-9-20-15(18)21-14(12)22-6-2-10-8-19-11(7-13(10)22)1-3-16(23)4-5-16/h2,6-9,23H,4-5H2,(H2,18,20,21). The van der Waals surface area contributed by atoms with E-state index >= 15 is 0 Å². The summed E-state index contributed by atoms with van der Waals surface area (Å²) in [6.07, 6.45) is 6.47. The Kier molecular flexibility index (Phi) is 3.01. The second-order valence-electron chi connectivity index (χ2n) is 5.50. The molecule has 7 heteroatoms. The van der Waals surface area contributed by atoms with Crippen molar-refractivity contribution < 1.29 is 5.11 Å². The fourth-order valence-electron chi connectivity index (χ4n) is 2.24. The van der Waals surface area contributed by atoms with Crippen molar-refractivity contribution in [3.05, 3.63) is 41.4 Å². The minimum atomic E-state index is -0.830. The lowest BCUT2D eigenvalue weighted by Crippen LogP contribution is -2.03. The number of fused-ring (bicyclic) bond motifs is 1. The predicted octanol–water partition coefficient (Wildman–Crippen LogP) is 1.93. The maximum atomic E-state index is 9.81. The number of nitrogen functional groups attached to an aromatic ring is 1. The maximum Gasteiger partial charge on any atom is 0.222 e. The van der Waals surface area contributed by atoms with Crippen LogP contribution in [0.1, 0.15) is 18.5 Å². The van der Waals surface area contributed by atoms with Crippen molar-refractivity contribution in [2.45, 2.75) is 18.4 Å². The van der Waals surface area contributed by atoms with Crippen LogP contribution >= 0.6 is 11.6 Å². The van der Waals surface area contributed by atoms with Crippen LogP contribution in [-0.2, 0) is 0 Å². The Hall–Kier alpha value is -2.62. The van der Waals surface area contributed by atoms with Gasteiger partial charge >= 0.3 is 0 Å². The molecule has 0 unspecified atom stereocenters. The number of nitrogens with zero attached hydrogens (tertiary/aromatic N) is 4. The van der Waals surface area contributed by atoms with Crippen LogP contribution in [-0.4, -0.2) is 30.2 Å². The van der Waals surface area contributed by atoms with E-state index in [9.17, 15) is 5.11 Å². The number of nitrogens with two attached hydrogens (primary N) is 1. The predicted molar refractivity (Wildman–Crippen MR) is 87.1 cm³/mol. The van der Waals surface area contributed by atoms with Crippen molar-refractivity contribution >= 4 is 28.5 Å². The van der Waals surface area contributed by atoms with Gasteiger partial charge in [-0.3, -0.25) is 4.57 Å². The third kappa shape index (κ3) is 2.61. The molecule has 1 aliphatic rings. The van der Waals surface area contributed by atoms with E-state index in [1.54, 1.807) is 6.20 Å². The van der Waals surface area contributed by atoms with E-state index in [0.717, 1.165) is 10.9 Å². The minimum Gasteiger partial charge on any atom is -0.378 e. The average molecular weight is 326 g/mol. The van der Waals surface area contributed by atoms with Gasteiger partial charge in [-0.25, -0.2) is 9.97 Å². The van der Waals surface area contributed by atoms with E-state index in [4.69, 9.17) is 17.3 Å². The summed E-state index contributed by atoms with van der Waals surface area (Å²) in [5.41, 5.74) is 6.26. The van der Waals surface area contributed by atoms with Crippen LogP contribution in [0.2, 0.25) is 5.02 Å². The molecule has 0 bridgehead atoms. The van der Waals surface area contributed by atoms with Gasteiger partial charge in [0.05, 0.1) is 11.7 Å². The fourth-order valence-corrected chi connectivity index (χ4v) is 2.43. The lowest BCUT2D eigenvalue weighted by Gasteiger charge is -2.07. The summed E-state index contributed by atoms with van der Waals surface area (Å²) in [4.78, 5) is 12.4. The number of aromatic nitrogens is 4. The van der Waals surface area contributed by atoms with Gasteiger partial charge in [-0.1, -0.05) is 17.5 Å². The molecule has 0 aliphatic heterocycles. The van der Waals surface area contributed by atoms with Crippen molar-refractivity contribution in [1.82, 2.24) is 19.5 Å². The maximum absolute atomic E-state index is 9.81. The lowest BCUT2D eigenvalue weighted by atomic mass is 10.2. The molecule has 4 rings (SSSR count). The van der Waals surface area contributed by atoms with Gasteiger partial charge in [0.2, 0.25) is 5.95 Å². The number of rotatable bonds is 1. The topological polar surface area (TPSA) is 89.8 Å². The smallest absolute Gasteiger partial charge is 0.222 e. The summed E-state index contributed by atoms with van der Waals surface area (Å²) < 4.78 is 1.81. The Bertz CT molecular complexity index is 981. The van der Waals surface area contributed by atoms with E-state index in [1.165, 1.54) is 6.20 Å². The quantitative estimate of drug-likeness (QED) is 0.667. The van der Waals surface area contributed by atoms with Crippen LogP contribution < -0.4 is 5.73 Å². The number of pyridine rings is 1. The summed E-state index contributed by atoms with van der Waals surface area (Å²) in [6, 6.07) is 3.74. The van der Waals surface area contributed by atoms with Crippen LogP contribution in [0.25, 0.3) is 16.7 Å². The van der Waals surface area contributed by atoms with Crippen LogP contribution in [0.4, 0.5) is 5.95 Å². The van der Waals surface area contributed by atoms with Gasteiger partial charge in [0.25, 0.3) is 0 Å². The zero-order chi connectivity index (χ0) is 16.0. The second kappa shape index (κ2) is 4.95. The molecule has 114 valence electrons. The molecule has 1 saturated carbocycles. The number of hydrogen-bond donors (Lipinski definition) is 2. The molecule has 23 heavy (non-hydrogen) atoms. The molecular formula is C16H12ClN5O. The van der Waals surface area contributed by atoms with Gasteiger partial charge in [0.15, 0.2) is 5.82 Å². The van der Waals surface area contributed by atoms with Crippen molar-refractivity contribution in [1.29, 1.82) is 0 Å². The number of hydrogen-bond acceptors (Lipinski definition) is 5. The van der Waals surface area contributed by atoms with E-state index in [1.807, 2.05) is 22.9 Å². The molecule has 3 aromatic rings. The molecule has 0 aromatic carbocycles. The Morgan fingerprint density at radius 1 is 1.30 bits per heavy atom. The van der Waals surface area contributed by atoms with Gasteiger partial charge in [0.1, 0.15) is 16.3 Å². The van der Waals surface area contributed by atoms with Crippen molar-refractivity contribution in [3.8, 4) is 17.7 Å². The molecule has 1 fully saturated rings. The molecular weight excluding hydrogens is 314 g/mol. The monoisotopic (exact) mass is 325 g/mol. The third-order valence-corrected chi connectivity index (χ3v) is 3.96. The molecule has 3 aromatic heterocycles. The zero-order valence-corrected chi connectivity index (χ0v) is 12.7. The summed E-state index contributed by atoms with van der Waals surface area (Å²) in [5, 5.41) is 11.1. The SMILES string of the molecule is Nc1ncc(Cl)c(-n2ccc3cnc(C#CC4(O)CC4)cc32)n1. The first-order valence-electron chi connectivity index (χ1n) is 7.05. The first-order valence-corrected chi connectivity index (χ1v) is 7.43. The molecule has 0 radical (unpaired) electrons. The Morgan fingerprint density at radius 3 is 2.91 bits per heavy atom. The largest absolute Gasteiger partial charge is 0.378 e. The van der Waals surface area contributed by atoms with Crippen molar-refractivity contribution in [2.75, 3.05) is 5.73 Å². The first-order chi connectivity index (χ1) is 11.0. The molecule has 0 saturated heterocycles. The summed E-state index contributed by atoms with van der Waals surface area (Å²) in [6.45, 7) is 0. The van der Waals surface area contributed by atoms with Gasteiger partial charge in [-0.05, 0) is 30.9 Å². The summed E-state index contributed by atoms with van der Waals surface area (Å²) in [5.74, 6) is 6.42. The lowest BCUT2D eigenvalue weighted by molar-refractivity contribution is 0.212. The summed E-state index contributed by atoms with van der Waals surface area (Å²) >= 11 is 6.18. The highest BCUT2D eigenvalue weighted by atomic mass is 35.5. The Morgan fingerprint density at radius 2 is 2.13 bits per heavy atom. The first kappa shape index (κ1) is 14.0. The van der Waals surface area contributed by atoms with E-state index < -0.39 is 5.60 Å². The highest BCUT2D eigenvalue weighted by molar-refractivity contribution is 6.32. The zero-order valence-electron chi connectivity index (χ0n) is 12.0. The highest BCUT2D eigenvalue weighted by Gasteiger charge is 2.38. The Labute approximate surface area is 137 Å². The highest BCUT2D eigenvalue weighted by Crippen LogP contribution is 2.34. The molecule has 0 spiro atoms. The van der Waals surface area contributed by atoms with Gasteiger partial charge < -0.3 is 10.8 Å². The fraction of sp³-hybridized carbons (Fsp3) is 0.188. The number of aliphatic hydroxyl groups is 1. The number of anilines is 1. The second-order valence-corrected chi connectivity index (χ2v) is 5.90. The van der Waals surface area contributed by atoms with E-state index in [2.05, 4.69) is 26.8 Å². The van der Waals surface area contributed by atoms with Crippen LogP contribution in [0.3, 0.4) is 0 Å². The molecule has 0 atom stereocenters. The van der Waals surface area contributed by atoms with Crippen LogP contribution in [0.5, 0.6) is 0 Å². The Balaban J connectivity index is 1.84. The molecule has 3 heterocycles. The number of halogens is 1. The van der Waals surface area contributed by atoms with Crippen molar-refractivity contribution in [2.24, 2.45) is 0 Å². The van der Waals surface area contributed by atoms with Gasteiger partial charge in [0, 0.05) is 17.8 Å². The van der Waals surface area contributed by atoms with Gasteiger partial charge in [-0.2, -0.15) is 4.98 Å². The van der Waals surface area contributed by atoms with Gasteiger partial charge in [-0.15, -0.1) is 0 Å². The van der Waals surface area contributed by atoms with Crippen LogP contribution in [0.15, 0.2) is 30.7 Å². The molecule has 0 amide bonds. The summed E-state index contributed by atoms with van der Waals surface area (Å²) in [7, 11) is 0. The van der Waals surface area contributed by atoms with E-state index in [0.29, 0.717) is 29.4 Å². The minimum absolute atomic E-state index is 0.149. The molecule has 1 aliphatic carbocycles. The molecule has 3 N–H and O–H groups in total. The average Bonchev–Trinajstić information content (AvgIpc) is 3.13. The van der Waals surface area contributed by atoms with E-state index in [-0.39, 0.29) is 5.95 Å².